The van der Waals surface area contributed by atoms with E-state index in [1.165, 1.54) is 82.5 Å². The minimum absolute atomic E-state index is 0.0360. The minimum atomic E-state index is -6.00. The van der Waals surface area contributed by atoms with Crippen LogP contribution in [0.2, 0.25) is 0 Å². The Morgan fingerprint density at radius 3 is 1.20 bits per heavy atom. The SMILES string of the molecule is CCCCCCc1ccc([I+]c2ccc(CCCCCC)cc2)cc1.F[B-](F)(F)F. The number of benzene rings is 2. The Labute approximate surface area is 190 Å². The third kappa shape index (κ3) is 14.9. The smallest absolute Gasteiger partial charge is 0.418 e. The van der Waals surface area contributed by atoms with Crippen molar-refractivity contribution in [3.05, 3.63) is 66.8 Å². The predicted molar refractivity (Wildman–Crippen MR) is 116 cm³/mol. The normalized spacial score (nSPS) is 11.1. The highest BCUT2D eigenvalue weighted by Gasteiger charge is 2.20. The fourth-order valence-electron chi connectivity index (χ4n) is 3.07. The van der Waals surface area contributed by atoms with Crippen molar-refractivity contribution in [3.8, 4) is 0 Å². The van der Waals surface area contributed by atoms with Crippen LogP contribution in [0.4, 0.5) is 17.3 Å². The van der Waals surface area contributed by atoms with Gasteiger partial charge < -0.3 is 17.3 Å². The summed E-state index contributed by atoms with van der Waals surface area (Å²) in [5.41, 5.74) is 3.01. The molecule has 0 bridgehead atoms. The van der Waals surface area contributed by atoms with Crippen molar-refractivity contribution < 1.29 is 38.5 Å². The zero-order valence-electron chi connectivity index (χ0n) is 18.2. The Kier molecular flexibility index (Phi) is 14.1. The summed E-state index contributed by atoms with van der Waals surface area (Å²) in [6.45, 7) is 4.55. The number of halogens is 5. The highest BCUT2D eigenvalue weighted by molar-refractivity contribution is 6.50. The summed E-state index contributed by atoms with van der Waals surface area (Å²) >= 11 is -0.0360. The fraction of sp³-hybridized carbons (Fsp3) is 0.500. The summed E-state index contributed by atoms with van der Waals surface area (Å²) in [6, 6.07) is 18.8. The molecule has 2 aromatic carbocycles. The van der Waals surface area contributed by atoms with Crippen molar-refractivity contribution in [1.29, 1.82) is 0 Å². The molecule has 0 atom stereocenters. The van der Waals surface area contributed by atoms with Crippen molar-refractivity contribution in [3.63, 3.8) is 0 Å². The number of rotatable bonds is 12. The molecule has 0 radical (unpaired) electrons. The van der Waals surface area contributed by atoms with Gasteiger partial charge in [-0.1, -0.05) is 76.6 Å². The van der Waals surface area contributed by atoms with E-state index >= 15 is 0 Å². The monoisotopic (exact) mass is 536 g/mol. The molecular formula is C24H34BF4I. The first kappa shape index (κ1) is 27.0. The van der Waals surface area contributed by atoms with Gasteiger partial charge in [0.1, 0.15) is 0 Å². The average Bonchev–Trinajstić information content (AvgIpc) is 2.70. The second-order valence-electron chi connectivity index (χ2n) is 7.46. The van der Waals surface area contributed by atoms with Crippen LogP contribution in [-0.2, 0) is 12.8 Å². The molecule has 0 aliphatic carbocycles. The van der Waals surface area contributed by atoms with E-state index < -0.39 is 7.25 Å². The fourth-order valence-corrected chi connectivity index (χ4v) is 5.22. The van der Waals surface area contributed by atoms with Crippen molar-refractivity contribution in [2.75, 3.05) is 0 Å². The maximum Gasteiger partial charge on any atom is 0.673 e. The van der Waals surface area contributed by atoms with E-state index in [2.05, 4.69) is 62.4 Å². The summed E-state index contributed by atoms with van der Waals surface area (Å²) in [4.78, 5) is 0. The Morgan fingerprint density at radius 2 is 0.900 bits per heavy atom. The maximum atomic E-state index is 9.75. The lowest BCUT2D eigenvalue weighted by Gasteiger charge is -2.01. The van der Waals surface area contributed by atoms with Crippen molar-refractivity contribution in [1.82, 2.24) is 0 Å². The second kappa shape index (κ2) is 15.7. The van der Waals surface area contributed by atoms with Crippen molar-refractivity contribution >= 4 is 7.25 Å². The largest absolute Gasteiger partial charge is 0.673 e. The predicted octanol–water partition coefficient (Wildman–Crippen LogP) is 5.36. The Morgan fingerprint density at radius 1 is 0.567 bits per heavy atom. The first-order valence-corrected chi connectivity index (χ1v) is 13.2. The summed E-state index contributed by atoms with van der Waals surface area (Å²) in [7, 11) is -6.00. The standard InChI is InChI=1S/C24H34I.BF4/c1-3-5-7-9-11-21-13-17-23(18-14-21)25-24-19-15-22(16-20-24)12-10-8-6-4-2;2-1(3,4)5/h13-20H,3-12H2,1-2H3;/q+1;-1. The van der Waals surface area contributed by atoms with Crippen LogP contribution in [-0.4, -0.2) is 7.25 Å². The van der Waals surface area contributed by atoms with E-state index in [1.807, 2.05) is 0 Å². The van der Waals surface area contributed by atoms with Gasteiger partial charge in [0.15, 0.2) is 7.14 Å². The van der Waals surface area contributed by atoms with Gasteiger partial charge in [0.25, 0.3) is 0 Å². The Hall–Kier alpha value is -1.05. The first-order valence-electron chi connectivity index (χ1n) is 11.0. The van der Waals surface area contributed by atoms with Crippen LogP contribution in [0.5, 0.6) is 0 Å². The van der Waals surface area contributed by atoms with Gasteiger partial charge in [-0.2, -0.15) is 0 Å². The third-order valence-electron chi connectivity index (χ3n) is 4.68. The summed E-state index contributed by atoms with van der Waals surface area (Å²) < 4.78 is 42.1. The van der Waals surface area contributed by atoms with Crippen LogP contribution in [0, 0.1) is 7.14 Å². The van der Waals surface area contributed by atoms with Crippen LogP contribution < -0.4 is 21.2 Å². The van der Waals surface area contributed by atoms with Crippen LogP contribution in [0.1, 0.15) is 76.3 Å². The minimum Gasteiger partial charge on any atom is -0.418 e. The quantitative estimate of drug-likeness (QED) is 0.148. The van der Waals surface area contributed by atoms with Gasteiger partial charge in [0, 0.05) is 0 Å². The lowest BCUT2D eigenvalue weighted by molar-refractivity contribution is -0.597. The van der Waals surface area contributed by atoms with E-state index in [4.69, 9.17) is 0 Å². The lowest BCUT2D eigenvalue weighted by Crippen LogP contribution is -3.61. The number of hydrogen-bond acceptors (Lipinski definition) is 0. The molecule has 0 spiro atoms. The molecule has 0 N–H and O–H groups in total. The summed E-state index contributed by atoms with van der Waals surface area (Å²) in [5.74, 6) is 0. The summed E-state index contributed by atoms with van der Waals surface area (Å²) in [5, 5.41) is 0. The molecule has 0 saturated heterocycles. The van der Waals surface area contributed by atoms with E-state index in [9.17, 15) is 17.3 Å². The van der Waals surface area contributed by atoms with Gasteiger partial charge in [-0.15, -0.1) is 0 Å². The van der Waals surface area contributed by atoms with E-state index in [1.54, 1.807) is 0 Å². The molecule has 2 aromatic rings. The molecule has 168 valence electrons. The molecule has 0 aliphatic rings. The number of unbranched alkanes of at least 4 members (excludes halogenated alkanes) is 6. The average molecular weight is 536 g/mol. The molecule has 6 heteroatoms. The first-order chi connectivity index (χ1) is 14.3. The molecule has 0 unspecified atom stereocenters. The molecule has 0 aliphatic heterocycles. The lowest BCUT2D eigenvalue weighted by atomic mass is 10.1. The highest BCUT2D eigenvalue weighted by atomic mass is 127. The van der Waals surface area contributed by atoms with Gasteiger partial charge in [0.2, 0.25) is 0 Å². The van der Waals surface area contributed by atoms with Gasteiger partial charge in [0.05, 0.1) is 0 Å². The van der Waals surface area contributed by atoms with Crippen LogP contribution in [0.15, 0.2) is 48.5 Å². The van der Waals surface area contributed by atoms with E-state index in [0.717, 1.165) is 0 Å². The third-order valence-corrected chi connectivity index (χ3v) is 7.37. The summed E-state index contributed by atoms with van der Waals surface area (Å²) in [6.07, 6.45) is 13.3. The highest BCUT2D eigenvalue weighted by Crippen LogP contribution is 2.09. The van der Waals surface area contributed by atoms with Crippen LogP contribution in [0.25, 0.3) is 0 Å². The number of aryl methyl sites for hydroxylation is 2. The molecule has 2 rings (SSSR count). The van der Waals surface area contributed by atoms with Gasteiger partial charge in [-0.25, -0.2) is 0 Å². The van der Waals surface area contributed by atoms with Crippen molar-refractivity contribution in [2.24, 2.45) is 0 Å². The van der Waals surface area contributed by atoms with Crippen molar-refractivity contribution in [2.45, 2.75) is 78.1 Å². The van der Waals surface area contributed by atoms with Crippen LogP contribution >= 0.6 is 0 Å². The molecule has 0 saturated carbocycles. The van der Waals surface area contributed by atoms with E-state index in [0.29, 0.717) is 0 Å². The van der Waals surface area contributed by atoms with Gasteiger partial charge >= 0.3 is 28.5 Å². The molecule has 30 heavy (non-hydrogen) atoms. The molecule has 0 aromatic heterocycles. The topological polar surface area (TPSA) is 0 Å². The zero-order valence-corrected chi connectivity index (χ0v) is 20.3. The molecule has 0 nitrogen and oxygen atoms in total. The second-order valence-corrected chi connectivity index (χ2v) is 10.5. The molecule has 0 heterocycles. The molecular weight excluding hydrogens is 502 g/mol. The Balaban J connectivity index is 0.000000804. The van der Waals surface area contributed by atoms with Gasteiger partial charge in [-0.05, 0) is 61.1 Å². The Bertz CT molecular complexity index is 610. The molecule has 0 amide bonds. The zero-order chi connectivity index (χ0) is 22.2. The maximum absolute atomic E-state index is 9.75. The van der Waals surface area contributed by atoms with Crippen LogP contribution in [0.3, 0.4) is 0 Å². The molecule has 0 fully saturated rings. The van der Waals surface area contributed by atoms with E-state index in [-0.39, 0.29) is 21.2 Å². The number of hydrogen-bond donors (Lipinski definition) is 0. The van der Waals surface area contributed by atoms with Gasteiger partial charge in [-0.3, -0.25) is 0 Å².